The van der Waals surface area contributed by atoms with Crippen molar-refractivity contribution in [3.63, 3.8) is 0 Å². The molecule has 4 rings (SSSR count). The van der Waals surface area contributed by atoms with Crippen LogP contribution in [0.2, 0.25) is 0 Å². The number of aromatic nitrogens is 1. The SMILES string of the molecule is CC1CC(O)(Cc2nc3ccccc3s2)CN1C1CC1. The van der Waals surface area contributed by atoms with E-state index >= 15 is 0 Å². The zero-order valence-corrected chi connectivity index (χ0v) is 12.6. The second-order valence-electron chi connectivity index (χ2n) is 6.43. The van der Waals surface area contributed by atoms with Crippen LogP contribution >= 0.6 is 11.3 Å². The summed E-state index contributed by atoms with van der Waals surface area (Å²) in [6, 6.07) is 9.45. The van der Waals surface area contributed by atoms with Crippen LogP contribution in [0.3, 0.4) is 0 Å². The summed E-state index contributed by atoms with van der Waals surface area (Å²) < 4.78 is 1.22. The molecule has 106 valence electrons. The zero-order chi connectivity index (χ0) is 13.7. The van der Waals surface area contributed by atoms with E-state index in [1.165, 1.54) is 17.5 Å². The van der Waals surface area contributed by atoms with Crippen LogP contribution in [0, 0.1) is 0 Å². The highest BCUT2D eigenvalue weighted by Gasteiger charge is 2.46. The molecule has 1 aromatic heterocycles. The highest BCUT2D eigenvalue weighted by Crippen LogP contribution is 2.39. The van der Waals surface area contributed by atoms with Gasteiger partial charge < -0.3 is 5.11 Å². The number of benzene rings is 1. The molecule has 2 aliphatic rings. The van der Waals surface area contributed by atoms with E-state index < -0.39 is 5.60 Å². The molecule has 2 heterocycles. The molecular formula is C16H20N2OS. The van der Waals surface area contributed by atoms with Crippen LogP contribution in [-0.2, 0) is 6.42 Å². The van der Waals surface area contributed by atoms with Gasteiger partial charge in [0.15, 0.2) is 0 Å². The summed E-state index contributed by atoms with van der Waals surface area (Å²) in [6.45, 7) is 3.06. The van der Waals surface area contributed by atoms with Crippen molar-refractivity contribution in [3.05, 3.63) is 29.3 Å². The van der Waals surface area contributed by atoms with E-state index in [2.05, 4.69) is 22.9 Å². The fourth-order valence-electron chi connectivity index (χ4n) is 3.53. The molecule has 2 aromatic rings. The van der Waals surface area contributed by atoms with E-state index in [4.69, 9.17) is 0 Å². The lowest BCUT2D eigenvalue weighted by molar-refractivity contribution is 0.0487. The Morgan fingerprint density at radius 1 is 1.40 bits per heavy atom. The van der Waals surface area contributed by atoms with E-state index in [1.54, 1.807) is 11.3 Å². The van der Waals surface area contributed by atoms with E-state index in [1.807, 2.05) is 18.2 Å². The van der Waals surface area contributed by atoms with Gasteiger partial charge in [0.25, 0.3) is 0 Å². The number of nitrogens with zero attached hydrogens (tertiary/aromatic N) is 2. The van der Waals surface area contributed by atoms with Crippen LogP contribution in [0.25, 0.3) is 10.2 Å². The average molecular weight is 288 g/mol. The third-order valence-electron chi connectivity index (χ3n) is 4.55. The summed E-state index contributed by atoms with van der Waals surface area (Å²) in [5.41, 5.74) is 0.469. The monoisotopic (exact) mass is 288 g/mol. The van der Waals surface area contributed by atoms with Crippen LogP contribution < -0.4 is 0 Å². The van der Waals surface area contributed by atoms with Crippen LogP contribution in [0.15, 0.2) is 24.3 Å². The van der Waals surface area contributed by atoms with Gasteiger partial charge in [-0.25, -0.2) is 4.98 Å². The molecule has 3 nitrogen and oxygen atoms in total. The fourth-order valence-corrected chi connectivity index (χ4v) is 4.63. The molecule has 2 atom stereocenters. The first kappa shape index (κ1) is 12.7. The lowest BCUT2D eigenvalue weighted by atomic mass is 9.97. The lowest BCUT2D eigenvalue weighted by Gasteiger charge is -2.22. The number of likely N-dealkylation sites (tertiary alicyclic amines) is 1. The van der Waals surface area contributed by atoms with Gasteiger partial charge in [-0.1, -0.05) is 12.1 Å². The van der Waals surface area contributed by atoms with Gasteiger partial charge in [0.05, 0.1) is 20.8 Å². The van der Waals surface area contributed by atoms with Crippen molar-refractivity contribution in [2.75, 3.05) is 6.54 Å². The van der Waals surface area contributed by atoms with E-state index in [9.17, 15) is 5.11 Å². The summed E-state index contributed by atoms with van der Waals surface area (Å²) in [5.74, 6) is 0. The second kappa shape index (κ2) is 4.52. The van der Waals surface area contributed by atoms with Crippen molar-refractivity contribution in [3.8, 4) is 0 Å². The summed E-state index contributed by atoms with van der Waals surface area (Å²) in [4.78, 5) is 7.17. The van der Waals surface area contributed by atoms with Gasteiger partial charge >= 0.3 is 0 Å². The van der Waals surface area contributed by atoms with Gasteiger partial charge in [0.2, 0.25) is 0 Å². The molecule has 1 aliphatic heterocycles. The van der Waals surface area contributed by atoms with Gasteiger partial charge in [-0.3, -0.25) is 4.90 Å². The third kappa shape index (κ3) is 2.26. The summed E-state index contributed by atoms with van der Waals surface area (Å²) in [7, 11) is 0. The van der Waals surface area contributed by atoms with Crippen LogP contribution in [0.5, 0.6) is 0 Å². The van der Waals surface area contributed by atoms with Gasteiger partial charge in [0.1, 0.15) is 0 Å². The number of aliphatic hydroxyl groups is 1. The Bertz CT molecular complexity index is 603. The Hall–Kier alpha value is -0.970. The first-order valence-corrected chi connectivity index (χ1v) is 8.27. The van der Waals surface area contributed by atoms with Gasteiger partial charge in [-0.05, 0) is 38.3 Å². The zero-order valence-electron chi connectivity index (χ0n) is 11.7. The molecule has 0 radical (unpaired) electrons. The quantitative estimate of drug-likeness (QED) is 0.943. The Kier molecular flexibility index (Phi) is 2.88. The first-order chi connectivity index (χ1) is 9.63. The van der Waals surface area contributed by atoms with Crippen molar-refractivity contribution < 1.29 is 5.11 Å². The number of para-hydroxylation sites is 1. The predicted molar refractivity (Wildman–Crippen MR) is 82.1 cm³/mol. The lowest BCUT2D eigenvalue weighted by Crippen LogP contribution is -2.36. The van der Waals surface area contributed by atoms with Gasteiger partial charge in [-0.15, -0.1) is 11.3 Å². The van der Waals surface area contributed by atoms with E-state index in [0.29, 0.717) is 12.5 Å². The minimum atomic E-state index is -0.587. The maximum atomic E-state index is 10.9. The molecule has 1 N–H and O–H groups in total. The molecule has 2 unspecified atom stereocenters. The Morgan fingerprint density at radius 2 is 2.20 bits per heavy atom. The molecule has 1 aromatic carbocycles. The second-order valence-corrected chi connectivity index (χ2v) is 7.55. The first-order valence-electron chi connectivity index (χ1n) is 7.46. The van der Waals surface area contributed by atoms with Crippen molar-refractivity contribution in [2.24, 2.45) is 0 Å². The van der Waals surface area contributed by atoms with Crippen molar-refractivity contribution >= 4 is 21.6 Å². The number of fused-ring (bicyclic) bond motifs is 1. The molecular weight excluding hydrogens is 268 g/mol. The Balaban J connectivity index is 1.55. The van der Waals surface area contributed by atoms with Gasteiger partial charge in [0, 0.05) is 25.0 Å². The number of hydrogen-bond acceptors (Lipinski definition) is 4. The Labute approximate surface area is 123 Å². The van der Waals surface area contributed by atoms with E-state index in [-0.39, 0.29) is 0 Å². The smallest absolute Gasteiger partial charge is 0.0967 e. The maximum Gasteiger partial charge on any atom is 0.0967 e. The molecule has 0 bridgehead atoms. The molecule has 1 aliphatic carbocycles. The number of thiazole rings is 1. The third-order valence-corrected chi connectivity index (χ3v) is 5.59. The summed E-state index contributed by atoms with van der Waals surface area (Å²) >= 11 is 1.72. The standard InChI is InChI=1S/C16H20N2OS/c1-11-8-16(19,10-18(11)12-6-7-12)9-15-17-13-4-2-3-5-14(13)20-15/h2-5,11-12,19H,6-10H2,1H3. The predicted octanol–water partition coefficient (Wildman–Crippen LogP) is 2.83. The highest BCUT2D eigenvalue weighted by molar-refractivity contribution is 7.18. The molecule has 20 heavy (non-hydrogen) atoms. The number of hydrogen-bond donors (Lipinski definition) is 1. The normalized spacial score (nSPS) is 31.2. The topological polar surface area (TPSA) is 36.4 Å². The summed E-state index contributed by atoms with van der Waals surface area (Å²) in [6.07, 6.45) is 4.18. The number of rotatable bonds is 3. The van der Waals surface area contributed by atoms with Crippen molar-refractivity contribution in [1.82, 2.24) is 9.88 Å². The summed E-state index contributed by atoms with van der Waals surface area (Å²) in [5, 5.41) is 12.0. The van der Waals surface area contributed by atoms with Crippen LogP contribution in [0.4, 0.5) is 0 Å². The van der Waals surface area contributed by atoms with Crippen molar-refractivity contribution in [1.29, 1.82) is 0 Å². The molecule has 1 saturated heterocycles. The van der Waals surface area contributed by atoms with E-state index in [0.717, 1.165) is 29.5 Å². The molecule has 0 spiro atoms. The number of β-amino-alcohol motifs (C(OH)–C–C–N with tert-alkyl or cyclic N) is 1. The average Bonchev–Trinajstić information content (AvgIpc) is 3.09. The maximum absolute atomic E-state index is 10.9. The van der Waals surface area contributed by atoms with Gasteiger partial charge in [-0.2, -0.15) is 0 Å². The molecule has 2 fully saturated rings. The molecule has 0 amide bonds. The largest absolute Gasteiger partial charge is 0.388 e. The van der Waals surface area contributed by atoms with Crippen LogP contribution in [-0.4, -0.2) is 39.2 Å². The molecule has 4 heteroatoms. The minimum absolute atomic E-state index is 0.502. The molecule has 1 saturated carbocycles. The van der Waals surface area contributed by atoms with Crippen molar-refractivity contribution in [2.45, 2.75) is 50.3 Å². The van der Waals surface area contributed by atoms with Crippen LogP contribution in [0.1, 0.15) is 31.2 Å². The Morgan fingerprint density at radius 3 is 2.95 bits per heavy atom. The highest BCUT2D eigenvalue weighted by atomic mass is 32.1. The minimum Gasteiger partial charge on any atom is -0.388 e. The fraction of sp³-hybridized carbons (Fsp3) is 0.562.